The molecule has 0 spiro atoms. The Kier molecular flexibility index (Phi) is 4.16. The maximum Gasteiger partial charge on any atom is 0.208 e. The molecule has 0 bridgehead atoms. The van der Waals surface area contributed by atoms with Gasteiger partial charge in [0.05, 0.1) is 17.7 Å². The number of fused-ring (bicyclic) bond motifs is 1. The summed E-state index contributed by atoms with van der Waals surface area (Å²) in [6.07, 6.45) is 6.58. The van der Waals surface area contributed by atoms with Crippen molar-refractivity contribution in [1.29, 1.82) is 0 Å². The van der Waals surface area contributed by atoms with Gasteiger partial charge in [-0.2, -0.15) is 0 Å². The van der Waals surface area contributed by atoms with Crippen LogP contribution in [0.4, 0.5) is 5.69 Å². The van der Waals surface area contributed by atoms with Gasteiger partial charge in [0.1, 0.15) is 11.2 Å². The Morgan fingerprint density at radius 3 is 2.88 bits per heavy atom. The minimum Gasteiger partial charge on any atom is -0.382 e. The van der Waals surface area contributed by atoms with Crippen LogP contribution in [0.15, 0.2) is 59.6 Å². The average Bonchev–Trinajstić information content (AvgIpc) is 3.30. The van der Waals surface area contributed by atoms with Crippen LogP contribution in [-0.4, -0.2) is 26.2 Å². The predicted molar refractivity (Wildman–Crippen MR) is 97.3 cm³/mol. The Bertz CT molecular complexity index is 960. The third-order valence-electron chi connectivity index (χ3n) is 4.13. The zero-order valence-corrected chi connectivity index (χ0v) is 14.0. The standard InChI is InChI=1S/C19H19N5O/c1-14-18-19(25-23-14)17(21-8-5-10-24-11-9-20-13-24)12-16(22-18)15-6-3-2-4-7-15/h2-4,6-7,9,11-13H,5,8,10H2,1H3,(H,21,22). The van der Waals surface area contributed by atoms with Gasteiger partial charge in [-0.15, -0.1) is 0 Å². The molecule has 25 heavy (non-hydrogen) atoms. The van der Waals surface area contributed by atoms with Crippen molar-refractivity contribution in [3.63, 3.8) is 0 Å². The number of hydrogen-bond acceptors (Lipinski definition) is 5. The van der Waals surface area contributed by atoms with Crippen molar-refractivity contribution >= 4 is 16.8 Å². The Morgan fingerprint density at radius 1 is 1.20 bits per heavy atom. The average molecular weight is 333 g/mol. The van der Waals surface area contributed by atoms with Crippen molar-refractivity contribution in [3.8, 4) is 11.3 Å². The number of nitrogens with zero attached hydrogens (tertiary/aromatic N) is 4. The molecule has 0 aliphatic heterocycles. The number of anilines is 1. The number of pyridine rings is 1. The second-order valence-electron chi connectivity index (χ2n) is 5.95. The molecule has 0 atom stereocenters. The lowest BCUT2D eigenvalue weighted by molar-refractivity contribution is 0.451. The molecule has 1 N–H and O–H groups in total. The summed E-state index contributed by atoms with van der Waals surface area (Å²) < 4.78 is 7.55. The number of hydrogen-bond donors (Lipinski definition) is 1. The molecule has 0 aliphatic rings. The van der Waals surface area contributed by atoms with Gasteiger partial charge < -0.3 is 14.4 Å². The molecule has 0 saturated heterocycles. The minimum atomic E-state index is 0.708. The van der Waals surface area contributed by atoms with Gasteiger partial charge >= 0.3 is 0 Å². The maximum atomic E-state index is 5.48. The van der Waals surface area contributed by atoms with Crippen molar-refractivity contribution in [3.05, 3.63) is 60.8 Å². The predicted octanol–water partition coefficient (Wildman–Crippen LogP) is 3.90. The molecule has 3 aromatic heterocycles. The summed E-state index contributed by atoms with van der Waals surface area (Å²) in [6.45, 7) is 3.66. The van der Waals surface area contributed by atoms with E-state index in [-0.39, 0.29) is 0 Å². The SMILES string of the molecule is Cc1noc2c(NCCCn3ccnc3)cc(-c3ccccc3)nc12. The summed E-state index contributed by atoms with van der Waals surface area (Å²) in [5.41, 5.74) is 5.23. The summed E-state index contributed by atoms with van der Waals surface area (Å²) in [5.74, 6) is 0. The zero-order chi connectivity index (χ0) is 17.1. The first kappa shape index (κ1) is 15.4. The van der Waals surface area contributed by atoms with Crippen molar-refractivity contribution in [1.82, 2.24) is 19.7 Å². The highest BCUT2D eigenvalue weighted by Crippen LogP contribution is 2.29. The lowest BCUT2D eigenvalue weighted by atomic mass is 10.1. The van der Waals surface area contributed by atoms with E-state index in [1.165, 1.54) is 0 Å². The molecule has 6 nitrogen and oxygen atoms in total. The van der Waals surface area contributed by atoms with Crippen LogP contribution < -0.4 is 5.32 Å². The van der Waals surface area contributed by atoms with Gasteiger partial charge in [0.25, 0.3) is 0 Å². The molecular formula is C19H19N5O. The number of aryl methyl sites for hydroxylation is 2. The van der Waals surface area contributed by atoms with Gasteiger partial charge in [-0.1, -0.05) is 35.5 Å². The van der Waals surface area contributed by atoms with Crippen LogP contribution >= 0.6 is 0 Å². The van der Waals surface area contributed by atoms with E-state index in [9.17, 15) is 0 Å². The summed E-state index contributed by atoms with van der Waals surface area (Å²) in [5, 5.41) is 7.54. The fourth-order valence-electron chi connectivity index (χ4n) is 2.82. The highest BCUT2D eigenvalue weighted by atomic mass is 16.5. The molecule has 0 amide bonds. The van der Waals surface area contributed by atoms with Crippen molar-refractivity contribution in [2.45, 2.75) is 19.9 Å². The molecule has 4 rings (SSSR count). The Hall–Kier alpha value is -3.15. The van der Waals surface area contributed by atoms with Gasteiger partial charge in [-0.3, -0.25) is 0 Å². The van der Waals surface area contributed by atoms with Crippen LogP contribution in [0.5, 0.6) is 0 Å². The smallest absolute Gasteiger partial charge is 0.208 e. The first-order valence-electron chi connectivity index (χ1n) is 8.33. The lowest BCUT2D eigenvalue weighted by Gasteiger charge is -2.09. The van der Waals surface area contributed by atoms with E-state index in [0.717, 1.165) is 47.7 Å². The van der Waals surface area contributed by atoms with E-state index in [4.69, 9.17) is 9.51 Å². The molecule has 0 radical (unpaired) electrons. The number of nitrogens with one attached hydrogen (secondary N) is 1. The Morgan fingerprint density at radius 2 is 2.08 bits per heavy atom. The molecule has 3 heterocycles. The number of benzene rings is 1. The largest absolute Gasteiger partial charge is 0.382 e. The maximum absolute atomic E-state index is 5.48. The Labute approximate surface area is 145 Å². The van der Waals surface area contributed by atoms with Crippen LogP contribution in [0.25, 0.3) is 22.4 Å². The minimum absolute atomic E-state index is 0.708. The van der Waals surface area contributed by atoms with Crippen LogP contribution in [0.2, 0.25) is 0 Å². The molecule has 4 aromatic rings. The molecule has 6 heteroatoms. The highest BCUT2D eigenvalue weighted by molar-refractivity contribution is 5.90. The first-order chi connectivity index (χ1) is 12.3. The van der Waals surface area contributed by atoms with Crippen LogP contribution in [0, 0.1) is 6.92 Å². The fourth-order valence-corrected chi connectivity index (χ4v) is 2.82. The summed E-state index contributed by atoms with van der Waals surface area (Å²) >= 11 is 0. The second kappa shape index (κ2) is 6.76. The van der Waals surface area contributed by atoms with E-state index >= 15 is 0 Å². The second-order valence-corrected chi connectivity index (χ2v) is 5.95. The molecule has 0 unspecified atom stereocenters. The molecule has 1 aromatic carbocycles. The van der Waals surface area contributed by atoms with Crippen LogP contribution in [-0.2, 0) is 6.54 Å². The number of rotatable bonds is 6. The summed E-state index contributed by atoms with van der Waals surface area (Å²) in [7, 11) is 0. The summed E-state index contributed by atoms with van der Waals surface area (Å²) in [4.78, 5) is 8.78. The van der Waals surface area contributed by atoms with Gasteiger partial charge in [-0.25, -0.2) is 9.97 Å². The third-order valence-corrected chi connectivity index (χ3v) is 4.13. The van der Waals surface area contributed by atoms with E-state index in [1.807, 2.05) is 43.7 Å². The lowest BCUT2D eigenvalue weighted by Crippen LogP contribution is -2.06. The van der Waals surface area contributed by atoms with Crippen molar-refractivity contribution < 1.29 is 4.52 Å². The number of imidazole rings is 1. The van der Waals surface area contributed by atoms with E-state index in [0.29, 0.717) is 5.58 Å². The van der Waals surface area contributed by atoms with E-state index < -0.39 is 0 Å². The molecule has 0 aliphatic carbocycles. The number of aromatic nitrogens is 4. The molecule has 0 saturated carbocycles. The third kappa shape index (κ3) is 3.24. The van der Waals surface area contributed by atoms with Crippen molar-refractivity contribution in [2.75, 3.05) is 11.9 Å². The molecular weight excluding hydrogens is 314 g/mol. The first-order valence-corrected chi connectivity index (χ1v) is 8.33. The van der Waals surface area contributed by atoms with E-state index in [2.05, 4.69) is 32.2 Å². The topological polar surface area (TPSA) is 68.8 Å². The molecule has 0 fully saturated rings. The fraction of sp³-hybridized carbons (Fsp3) is 0.211. The highest BCUT2D eigenvalue weighted by Gasteiger charge is 2.14. The molecule has 126 valence electrons. The quantitative estimate of drug-likeness (QED) is 0.542. The van der Waals surface area contributed by atoms with E-state index in [1.54, 1.807) is 6.20 Å². The van der Waals surface area contributed by atoms with Gasteiger partial charge in [-0.05, 0) is 19.4 Å². The zero-order valence-electron chi connectivity index (χ0n) is 14.0. The van der Waals surface area contributed by atoms with Crippen LogP contribution in [0.3, 0.4) is 0 Å². The monoisotopic (exact) mass is 333 g/mol. The van der Waals surface area contributed by atoms with Gasteiger partial charge in [0.15, 0.2) is 0 Å². The summed E-state index contributed by atoms with van der Waals surface area (Å²) in [6, 6.07) is 12.2. The Balaban J connectivity index is 1.58. The van der Waals surface area contributed by atoms with Crippen LogP contribution in [0.1, 0.15) is 12.1 Å². The normalized spacial score (nSPS) is 11.1. The van der Waals surface area contributed by atoms with Gasteiger partial charge in [0, 0.05) is 31.0 Å². The van der Waals surface area contributed by atoms with Crippen molar-refractivity contribution in [2.24, 2.45) is 0 Å². The van der Waals surface area contributed by atoms with Gasteiger partial charge in [0.2, 0.25) is 5.58 Å².